The largest absolute Gasteiger partial charge is 0.444 e. The van der Waals surface area contributed by atoms with Crippen LogP contribution in [0.3, 0.4) is 0 Å². The van der Waals surface area contributed by atoms with Gasteiger partial charge in [-0.25, -0.2) is 14.2 Å². The molecular formula is C24H29FN4O2. The van der Waals surface area contributed by atoms with E-state index in [2.05, 4.69) is 16.4 Å². The van der Waals surface area contributed by atoms with E-state index in [1.807, 2.05) is 51.1 Å². The van der Waals surface area contributed by atoms with Crippen LogP contribution in [-0.4, -0.2) is 51.8 Å². The van der Waals surface area contributed by atoms with E-state index < -0.39 is 5.60 Å². The van der Waals surface area contributed by atoms with Crippen LogP contribution in [0.25, 0.3) is 11.0 Å². The molecule has 3 aromatic rings. The zero-order valence-electron chi connectivity index (χ0n) is 18.5. The van der Waals surface area contributed by atoms with Crippen molar-refractivity contribution in [3.63, 3.8) is 0 Å². The summed E-state index contributed by atoms with van der Waals surface area (Å²) >= 11 is 0. The predicted molar refractivity (Wildman–Crippen MR) is 120 cm³/mol. The number of benzene rings is 2. The number of carbonyl (C=O) groups is 1. The molecule has 0 aliphatic carbocycles. The number of fused-ring (bicyclic) bond motifs is 1. The van der Waals surface area contributed by atoms with E-state index in [1.54, 1.807) is 17.0 Å². The van der Waals surface area contributed by atoms with Crippen LogP contribution in [0.4, 0.5) is 15.1 Å². The second-order valence-corrected chi connectivity index (χ2v) is 9.05. The summed E-state index contributed by atoms with van der Waals surface area (Å²) in [6.07, 6.45) is -0.293. The third kappa shape index (κ3) is 4.50. The number of ether oxygens (including phenoxy) is 1. The molecule has 0 unspecified atom stereocenters. The predicted octanol–water partition coefficient (Wildman–Crippen LogP) is 4.67. The van der Waals surface area contributed by atoms with E-state index >= 15 is 0 Å². The number of para-hydroxylation sites is 2. The van der Waals surface area contributed by atoms with Crippen molar-refractivity contribution in [1.29, 1.82) is 0 Å². The minimum Gasteiger partial charge on any atom is -0.444 e. The molecule has 0 saturated carbocycles. The summed E-state index contributed by atoms with van der Waals surface area (Å²) < 4.78 is 22.0. The van der Waals surface area contributed by atoms with Crippen LogP contribution in [0.5, 0.6) is 0 Å². The minimum absolute atomic E-state index is 0.0393. The Kier molecular flexibility index (Phi) is 5.60. The highest BCUT2D eigenvalue weighted by atomic mass is 19.1. The molecule has 1 saturated heterocycles. The summed E-state index contributed by atoms with van der Waals surface area (Å²) in [5.41, 5.74) is 1.93. The number of nitrogens with zero attached hydrogens (tertiary/aromatic N) is 4. The molecule has 4 rings (SSSR count). The van der Waals surface area contributed by atoms with Gasteiger partial charge in [-0.3, -0.25) is 0 Å². The third-order valence-electron chi connectivity index (χ3n) is 5.46. The molecule has 0 N–H and O–H groups in total. The fourth-order valence-corrected chi connectivity index (χ4v) is 3.98. The maximum Gasteiger partial charge on any atom is 0.410 e. The molecule has 0 bridgehead atoms. The highest BCUT2D eigenvalue weighted by Crippen LogP contribution is 2.28. The summed E-state index contributed by atoms with van der Waals surface area (Å²) in [6, 6.07) is 14.8. The normalized spacial score (nSPS) is 17.3. The number of aromatic nitrogens is 2. The molecule has 164 valence electrons. The van der Waals surface area contributed by atoms with Gasteiger partial charge in [-0.2, -0.15) is 0 Å². The first-order valence-electron chi connectivity index (χ1n) is 10.7. The Balaban J connectivity index is 1.63. The molecule has 6 nitrogen and oxygen atoms in total. The van der Waals surface area contributed by atoms with E-state index in [9.17, 15) is 9.18 Å². The lowest BCUT2D eigenvalue weighted by Gasteiger charge is -2.40. The Morgan fingerprint density at radius 2 is 1.84 bits per heavy atom. The summed E-state index contributed by atoms with van der Waals surface area (Å²) in [4.78, 5) is 21.3. The van der Waals surface area contributed by atoms with Crippen molar-refractivity contribution in [3.8, 4) is 0 Å². The van der Waals surface area contributed by atoms with Crippen molar-refractivity contribution in [3.05, 3.63) is 59.9 Å². The van der Waals surface area contributed by atoms with Gasteiger partial charge < -0.3 is 19.1 Å². The fourth-order valence-electron chi connectivity index (χ4n) is 3.98. The molecule has 7 heteroatoms. The number of amides is 1. The Bertz CT molecular complexity index is 1090. The fraction of sp³-hybridized carbons (Fsp3) is 0.417. The van der Waals surface area contributed by atoms with E-state index in [1.165, 1.54) is 6.07 Å². The first-order chi connectivity index (χ1) is 14.7. The second kappa shape index (κ2) is 8.21. The quantitative estimate of drug-likeness (QED) is 0.613. The average Bonchev–Trinajstić information content (AvgIpc) is 3.06. The lowest BCUT2D eigenvalue weighted by molar-refractivity contribution is 0.0218. The van der Waals surface area contributed by atoms with E-state index in [0.29, 0.717) is 31.7 Å². The number of piperazine rings is 1. The summed E-state index contributed by atoms with van der Waals surface area (Å²) in [5, 5.41) is 0. The zero-order valence-corrected chi connectivity index (χ0v) is 18.5. The Labute approximate surface area is 182 Å². The van der Waals surface area contributed by atoms with Gasteiger partial charge in [0.2, 0.25) is 5.95 Å². The molecule has 1 amide bonds. The van der Waals surface area contributed by atoms with Gasteiger partial charge in [0, 0.05) is 31.2 Å². The molecule has 1 atom stereocenters. The Morgan fingerprint density at radius 3 is 2.55 bits per heavy atom. The number of rotatable bonds is 3. The molecule has 2 aromatic carbocycles. The first kappa shape index (κ1) is 21.2. The van der Waals surface area contributed by atoms with Crippen LogP contribution in [0.15, 0.2) is 48.5 Å². The maximum absolute atomic E-state index is 14.4. The number of hydrogen-bond donors (Lipinski definition) is 0. The first-order valence-corrected chi connectivity index (χ1v) is 10.7. The lowest BCUT2D eigenvalue weighted by atomic mass is 10.2. The van der Waals surface area contributed by atoms with Gasteiger partial charge in [-0.1, -0.05) is 30.3 Å². The van der Waals surface area contributed by atoms with Gasteiger partial charge in [0.1, 0.15) is 11.4 Å². The van der Waals surface area contributed by atoms with Crippen molar-refractivity contribution in [1.82, 2.24) is 14.5 Å². The van der Waals surface area contributed by atoms with Gasteiger partial charge in [-0.15, -0.1) is 0 Å². The van der Waals surface area contributed by atoms with Crippen LogP contribution >= 0.6 is 0 Å². The summed E-state index contributed by atoms with van der Waals surface area (Å²) in [7, 11) is 0. The Hall–Kier alpha value is -3.09. The topological polar surface area (TPSA) is 50.6 Å². The van der Waals surface area contributed by atoms with E-state index in [4.69, 9.17) is 9.72 Å². The van der Waals surface area contributed by atoms with Gasteiger partial charge in [0.25, 0.3) is 0 Å². The molecule has 1 aliphatic heterocycles. The highest BCUT2D eigenvalue weighted by Gasteiger charge is 2.32. The molecule has 2 heterocycles. The zero-order chi connectivity index (χ0) is 22.2. The number of anilines is 1. The summed E-state index contributed by atoms with van der Waals surface area (Å²) in [6.45, 7) is 9.78. The van der Waals surface area contributed by atoms with Crippen LogP contribution < -0.4 is 4.90 Å². The standard InChI is InChI=1S/C24H29FN4O2/c1-17-15-27(23(30)31-24(2,3)4)13-14-28(17)22-26-20-11-7-8-12-21(20)29(22)16-18-9-5-6-10-19(18)25/h5-12,17H,13-16H2,1-4H3/t17-/m1/s1. The SMILES string of the molecule is C[C@@H]1CN(C(=O)OC(C)(C)C)CCN1c1nc2ccccc2n1Cc1ccccc1F. The molecule has 1 fully saturated rings. The highest BCUT2D eigenvalue weighted by molar-refractivity contribution is 5.79. The number of hydrogen-bond acceptors (Lipinski definition) is 4. The summed E-state index contributed by atoms with van der Waals surface area (Å²) in [5.74, 6) is 0.565. The molecular weight excluding hydrogens is 395 g/mol. The average molecular weight is 425 g/mol. The number of imidazole rings is 1. The van der Waals surface area contributed by atoms with E-state index in [0.717, 1.165) is 17.0 Å². The second-order valence-electron chi connectivity index (χ2n) is 9.05. The van der Waals surface area contributed by atoms with Crippen LogP contribution in [0.2, 0.25) is 0 Å². The lowest BCUT2D eigenvalue weighted by Crippen LogP contribution is -2.55. The maximum atomic E-state index is 14.4. The van der Waals surface area contributed by atoms with Gasteiger partial charge in [0.15, 0.2) is 0 Å². The van der Waals surface area contributed by atoms with Crippen LogP contribution in [0, 0.1) is 5.82 Å². The number of carbonyl (C=O) groups excluding carboxylic acids is 1. The Morgan fingerprint density at radius 1 is 1.13 bits per heavy atom. The van der Waals surface area contributed by atoms with E-state index in [-0.39, 0.29) is 18.0 Å². The third-order valence-corrected chi connectivity index (χ3v) is 5.46. The molecule has 1 aliphatic rings. The smallest absolute Gasteiger partial charge is 0.410 e. The molecule has 0 radical (unpaired) electrons. The van der Waals surface area contributed by atoms with Gasteiger partial charge in [-0.05, 0) is 45.9 Å². The van der Waals surface area contributed by atoms with Crippen LogP contribution in [0.1, 0.15) is 33.3 Å². The monoisotopic (exact) mass is 424 g/mol. The van der Waals surface area contributed by atoms with Crippen LogP contribution in [-0.2, 0) is 11.3 Å². The van der Waals surface area contributed by atoms with Gasteiger partial charge in [0.05, 0.1) is 17.6 Å². The van der Waals surface area contributed by atoms with Crippen molar-refractivity contribution in [2.75, 3.05) is 24.5 Å². The van der Waals surface area contributed by atoms with Gasteiger partial charge >= 0.3 is 6.09 Å². The number of halogens is 1. The van der Waals surface area contributed by atoms with Crippen molar-refractivity contribution in [2.24, 2.45) is 0 Å². The van der Waals surface area contributed by atoms with Crippen molar-refractivity contribution in [2.45, 2.75) is 45.9 Å². The molecule has 0 spiro atoms. The van der Waals surface area contributed by atoms with Crippen molar-refractivity contribution < 1.29 is 13.9 Å². The molecule has 1 aromatic heterocycles. The minimum atomic E-state index is -0.523. The van der Waals surface area contributed by atoms with Crippen molar-refractivity contribution >= 4 is 23.1 Å². The molecule has 31 heavy (non-hydrogen) atoms.